The zero-order chi connectivity index (χ0) is 10.7. The monoisotopic (exact) mass is 208 g/mol. The van der Waals surface area contributed by atoms with Crippen molar-refractivity contribution in [2.24, 2.45) is 0 Å². The standard InChI is InChI=1S/C12H16O3/c1-2-14-10-4-3-5-11(8-10)15-12-6-9(13)7-12/h3-5,8-9,12-13H,2,6-7H2,1H3. The van der Waals surface area contributed by atoms with Crippen LogP contribution in [0.2, 0.25) is 0 Å². The van der Waals surface area contributed by atoms with E-state index in [4.69, 9.17) is 14.6 Å². The zero-order valence-electron chi connectivity index (χ0n) is 8.85. The molecule has 1 aliphatic rings. The van der Waals surface area contributed by atoms with Gasteiger partial charge in [-0.3, -0.25) is 0 Å². The van der Waals surface area contributed by atoms with Crippen LogP contribution in [-0.2, 0) is 0 Å². The minimum absolute atomic E-state index is 0.164. The van der Waals surface area contributed by atoms with Crippen LogP contribution in [0.25, 0.3) is 0 Å². The molecule has 0 spiro atoms. The molecule has 15 heavy (non-hydrogen) atoms. The first kappa shape index (κ1) is 10.3. The molecule has 3 heteroatoms. The maximum atomic E-state index is 9.13. The van der Waals surface area contributed by atoms with Crippen LogP contribution >= 0.6 is 0 Å². The molecule has 0 radical (unpaired) electrons. The van der Waals surface area contributed by atoms with Crippen LogP contribution in [0.15, 0.2) is 24.3 Å². The lowest BCUT2D eigenvalue weighted by Crippen LogP contribution is -2.37. The van der Waals surface area contributed by atoms with Crippen molar-refractivity contribution < 1.29 is 14.6 Å². The van der Waals surface area contributed by atoms with Gasteiger partial charge in [0.15, 0.2) is 0 Å². The third-order valence-corrected chi connectivity index (χ3v) is 2.49. The molecule has 1 N–H and O–H groups in total. The summed E-state index contributed by atoms with van der Waals surface area (Å²) in [6, 6.07) is 7.61. The van der Waals surface area contributed by atoms with E-state index in [1.165, 1.54) is 0 Å². The molecule has 2 rings (SSSR count). The van der Waals surface area contributed by atoms with Crippen molar-refractivity contribution in [3.05, 3.63) is 24.3 Å². The van der Waals surface area contributed by atoms with Gasteiger partial charge >= 0.3 is 0 Å². The van der Waals surface area contributed by atoms with Gasteiger partial charge < -0.3 is 14.6 Å². The lowest BCUT2D eigenvalue weighted by atomic mass is 9.92. The summed E-state index contributed by atoms with van der Waals surface area (Å²) >= 11 is 0. The summed E-state index contributed by atoms with van der Waals surface area (Å²) in [5, 5.41) is 9.13. The lowest BCUT2D eigenvalue weighted by molar-refractivity contribution is -0.0108. The van der Waals surface area contributed by atoms with Crippen molar-refractivity contribution in [2.75, 3.05) is 6.61 Å². The molecule has 1 fully saturated rings. The smallest absolute Gasteiger partial charge is 0.123 e. The van der Waals surface area contributed by atoms with Crippen LogP contribution in [0.1, 0.15) is 19.8 Å². The Labute approximate surface area is 89.6 Å². The summed E-state index contributed by atoms with van der Waals surface area (Å²) in [5.74, 6) is 1.65. The highest BCUT2D eigenvalue weighted by Gasteiger charge is 2.28. The van der Waals surface area contributed by atoms with Crippen molar-refractivity contribution in [2.45, 2.75) is 32.0 Å². The Morgan fingerprint density at radius 2 is 2.07 bits per heavy atom. The Kier molecular flexibility index (Phi) is 3.11. The predicted molar refractivity (Wildman–Crippen MR) is 57.3 cm³/mol. The van der Waals surface area contributed by atoms with Crippen molar-refractivity contribution in [3.8, 4) is 11.5 Å². The second kappa shape index (κ2) is 4.53. The third kappa shape index (κ3) is 2.63. The van der Waals surface area contributed by atoms with Crippen LogP contribution in [0.4, 0.5) is 0 Å². The molecule has 3 nitrogen and oxygen atoms in total. The van der Waals surface area contributed by atoms with Crippen LogP contribution in [-0.4, -0.2) is 23.9 Å². The molecule has 0 saturated heterocycles. The van der Waals surface area contributed by atoms with Gasteiger partial charge in [-0.05, 0) is 19.1 Å². The van der Waals surface area contributed by atoms with E-state index in [0.717, 1.165) is 24.3 Å². The van der Waals surface area contributed by atoms with Gasteiger partial charge in [-0.1, -0.05) is 6.07 Å². The number of ether oxygens (including phenoxy) is 2. The summed E-state index contributed by atoms with van der Waals surface area (Å²) in [7, 11) is 0. The highest BCUT2D eigenvalue weighted by atomic mass is 16.5. The molecule has 0 aromatic heterocycles. The van der Waals surface area contributed by atoms with Crippen molar-refractivity contribution >= 4 is 0 Å². The fourth-order valence-electron chi connectivity index (χ4n) is 1.63. The Morgan fingerprint density at radius 3 is 2.73 bits per heavy atom. The van der Waals surface area contributed by atoms with E-state index in [1.807, 2.05) is 31.2 Å². The zero-order valence-corrected chi connectivity index (χ0v) is 8.85. The van der Waals surface area contributed by atoms with E-state index in [2.05, 4.69) is 0 Å². The molecule has 0 bridgehead atoms. The molecule has 1 saturated carbocycles. The Hall–Kier alpha value is -1.22. The molecule has 0 atom stereocenters. The van der Waals surface area contributed by atoms with E-state index in [1.54, 1.807) is 0 Å². The van der Waals surface area contributed by atoms with Gasteiger partial charge in [0.1, 0.15) is 17.6 Å². The summed E-state index contributed by atoms with van der Waals surface area (Å²) < 4.78 is 11.0. The summed E-state index contributed by atoms with van der Waals surface area (Å²) in [6.07, 6.45) is 1.46. The van der Waals surface area contributed by atoms with Crippen LogP contribution < -0.4 is 9.47 Å². The quantitative estimate of drug-likeness (QED) is 0.822. The Bertz CT molecular complexity index is 318. The summed E-state index contributed by atoms with van der Waals surface area (Å²) in [6.45, 7) is 2.61. The number of hydrogen-bond donors (Lipinski definition) is 1. The molecule has 82 valence electrons. The maximum absolute atomic E-state index is 9.13. The molecule has 0 unspecified atom stereocenters. The Morgan fingerprint density at radius 1 is 1.33 bits per heavy atom. The molecule has 1 aromatic rings. The van der Waals surface area contributed by atoms with E-state index >= 15 is 0 Å². The van der Waals surface area contributed by atoms with Gasteiger partial charge in [0.05, 0.1) is 12.7 Å². The van der Waals surface area contributed by atoms with E-state index in [-0.39, 0.29) is 12.2 Å². The van der Waals surface area contributed by atoms with Crippen LogP contribution in [0.5, 0.6) is 11.5 Å². The van der Waals surface area contributed by atoms with Crippen molar-refractivity contribution in [1.82, 2.24) is 0 Å². The number of rotatable bonds is 4. The number of hydrogen-bond acceptors (Lipinski definition) is 3. The molecule has 0 amide bonds. The van der Waals surface area contributed by atoms with Gasteiger partial charge in [-0.2, -0.15) is 0 Å². The normalized spacial score (nSPS) is 24.4. The molecular formula is C12H16O3. The van der Waals surface area contributed by atoms with Crippen molar-refractivity contribution in [3.63, 3.8) is 0 Å². The average Bonchev–Trinajstić information content (AvgIpc) is 2.17. The molecule has 1 aliphatic carbocycles. The number of aliphatic hydroxyl groups excluding tert-OH is 1. The maximum Gasteiger partial charge on any atom is 0.123 e. The van der Waals surface area contributed by atoms with Gasteiger partial charge in [0.25, 0.3) is 0 Å². The van der Waals surface area contributed by atoms with Crippen molar-refractivity contribution in [1.29, 1.82) is 0 Å². The summed E-state index contributed by atoms with van der Waals surface area (Å²) in [5.41, 5.74) is 0. The largest absolute Gasteiger partial charge is 0.494 e. The fourth-order valence-corrected chi connectivity index (χ4v) is 1.63. The SMILES string of the molecule is CCOc1cccc(OC2CC(O)C2)c1. The first-order valence-electron chi connectivity index (χ1n) is 5.35. The van der Waals surface area contributed by atoms with Crippen LogP contribution in [0, 0.1) is 0 Å². The fraction of sp³-hybridized carbons (Fsp3) is 0.500. The first-order valence-corrected chi connectivity index (χ1v) is 5.35. The van der Waals surface area contributed by atoms with E-state index < -0.39 is 0 Å². The minimum Gasteiger partial charge on any atom is -0.494 e. The minimum atomic E-state index is -0.176. The van der Waals surface area contributed by atoms with Gasteiger partial charge in [-0.15, -0.1) is 0 Å². The average molecular weight is 208 g/mol. The van der Waals surface area contributed by atoms with Gasteiger partial charge in [0, 0.05) is 18.9 Å². The van der Waals surface area contributed by atoms with Crippen LogP contribution in [0.3, 0.4) is 0 Å². The first-order chi connectivity index (χ1) is 7.28. The van der Waals surface area contributed by atoms with Gasteiger partial charge in [-0.25, -0.2) is 0 Å². The second-order valence-corrected chi connectivity index (χ2v) is 3.77. The topological polar surface area (TPSA) is 38.7 Å². The predicted octanol–water partition coefficient (Wildman–Crippen LogP) is 1.99. The van der Waals surface area contributed by atoms with Gasteiger partial charge in [0.2, 0.25) is 0 Å². The third-order valence-electron chi connectivity index (χ3n) is 2.49. The van der Waals surface area contributed by atoms with E-state index in [0.29, 0.717) is 6.61 Å². The Balaban J connectivity index is 1.93. The molecular weight excluding hydrogens is 192 g/mol. The molecule has 1 aromatic carbocycles. The molecule has 0 heterocycles. The second-order valence-electron chi connectivity index (χ2n) is 3.77. The summed E-state index contributed by atoms with van der Waals surface area (Å²) in [4.78, 5) is 0. The highest BCUT2D eigenvalue weighted by Crippen LogP contribution is 2.27. The number of aliphatic hydroxyl groups is 1. The van der Waals surface area contributed by atoms with E-state index in [9.17, 15) is 0 Å². The molecule has 0 aliphatic heterocycles. The highest BCUT2D eigenvalue weighted by molar-refractivity contribution is 5.33. The lowest BCUT2D eigenvalue weighted by Gasteiger charge is -2.31. The number of benzene rings is 1.